The minimum Gasteiger partial charge on any atom is -0.286 e. The van der Waals surface area contributed by atoms with Gasteiger partial charge in [-0.3, -0.25) is 4.79 Å². The number of allylic oxidation sites excluding steroid dienone is 2. The summed E-state index contributed by atoms with van der Waals surface area (Å²) in [5.74, 6) is 0. The molecular weight excluding hydrogens is 64.0 g/mol. The fourth-order valence-corrected chi connectivity index (χ4v) is 0.0680. The average molecular weight is 69.1 g/mol. The van der Waals surface area contributed by atoms with Gasteiger partial charge in [0, 0.05) is 0 Å². The molecule has 0 unspecified atom stereocenters. The first-order valence-electron chi connectivity index (χ1n) is 1.40. The molecule has 0 aromatic heterocycles. The van der Waals surface area contributed by atoms with Crippen LogP contribution in [0.2, 0.25) is 0 Å². The van der Waals surface area contributed by atoms with E-state index in [0.29, 0.717) is 0 Å². The fourth-order valence-electron chi connectivity index (χ4n) is 0.0680. The molecule has 0 saturated heterocycles. The zero-order valence-corrected chi connectivity index (χ0v) is 3.06. The van der Waals surface area contributed by atoms with Crippen LogP contribution >= 0.6 is 0 Å². The third kappa shape index (κ3) is 3.41. The molecule has 0 bridgehead atoms. The molecule has 0 aliphatic carbocycles. The molecule has 27 valence electrons. The lowest BCUT2D eigenvalue weighted by atomic mass is 10.6. The van der Waals surface area contributed by atoms with Gasteiger partial charge in [0.2, 0.25) is 6.29 Å². The predicted molar refractivity (Wildman–Crippen MR) is 20.5 cm³/mol. The highest BCUT2D eigenvalue weighted by Gasteiger charge is 1.51. The Labute approximate surface area is 31.3 Å². The largest absolute Gasteiger partial charge is 0.286 e. The zero-order valence-electron chi connectivity index (χ0n) is 3.06. The van der Waals surface area contributed by atoms with Crippen molar-refractivity contribution in [3.05, 3.63) is 12.2 Å². The third-order valence-corrected chi connectivity index (χ3v) is 0.235. The van der Waals surface area contributed by atoms with Crippen molar-refractivity contribution in [1.82, 2.24) is 0 Å². The van der Waals surface area contributed by atoms with Crippen LogP contribution in [0.25, 0.3) is 0 Å². The molecule has 0 rings (SSSR count). The summed E-state index contributed by atoms with van der Waals surface area (Å²) in [5, 5.41) is 0. The van der Waals surface area contributed by atoms with Gasteiger partial charge in [-0.1, -0.05) is 6.08 Å². The van der Waals surface area contributed by atoms with E-state index in [9.17, 15) is 4.79 Å². The van der Waals surface area contributed by atoms with Crippen LogP contribution in [-0.2, 0) is 4.79 Å². The molecule has 0 N–H and O–H groups in total. The van der Waals surface area contributed by atoms with Crippen molar-refractivity contribution in [2.45, 2.75) is 6.92 Å². The summed E-state index contributed by atoms with van der Waals surface area (Å²) in [6.45, 7) is 1.77. The lowest BCUT2D eigenvalue weighted by molar-refractivity contribution is 0.564. The van der Waals surface area contributed by atoms with Gasteiger partial charge >= 0.3 is 0 Å². The van der Waals surface area contributed by atoms with Crippen molar-refractivity contribution in [2.24, 2.45) is 0 Å². The molecule has 0 spiro atoms. The molecule has 0 fully saturated rings. The molecular formula is C4H5O. The van der Waals surface area contributed by atoms with Crippen LogP contribution in [0.3, 0.4) is 0 Å². The minimum absolute atomic E-state index is 1.32. The van der Waals surface area contributed by atoms with Gasteiger partial charge in [0.25, 0.3) is 0 Å². The van der Waals surface area contributed by atoms with E-state index >= 15 is 0 Å². The second kappa shape index (κ2) is 3.41. The first-order chi connectivity index (χ1) is 2.41. The van der Waals surface area contributed by atoms with Gasteiger partial charge in [-0.05, 0) is 13.0 Å². The first-order valence-corrected chi connectivity index (χ1v) is 1.40. The monoisotopic (exact) mass is 69.0 g/mol. The molecule has 0 heterocycles. The third-order valence-electron chi connectivity index (χ3n) is 0.235. The van der Waals surface area contributed by atoms with E-state index in [2.05, 4.69) is 0 Å². The van der Waals surface area contributed by atoms with E-state index in [-0.39, 0.29) is 0 Å². The Bertz CT molecular complexity index is 45.6. The normalized spacial score (nSPS) is 9.00. The second-order valence-corrected chi connectivity index (χ2v) is 0.618. The van der Waals surface area contributed by atoms with Crippen LogP contribution in [-0.4, -0.2) is 6.29 Å². The standard InChI is InChI=1S/C4H5O/c1-2-3-4-5/h2-3H,1H3/b3-2-. The van der Waals surface area contributed by atoms with Crippen molar-refractivity contribution >= 4 is 6.29 Å². The van der Waals surface area contributed by atoms with Gasteiger partial charge in [-0.2, -0.15) is 0 Å². The second-order valence-electron chi connectivity index (χ2n) is 0.618. The average Bonchev–Trinajstić information content (AvgIpc) is 1.41. The Balaban J connectivity index is 2.92. The van der Waals surface area contributed by atoms with Crippen LogP contribution in [0, 0.1) is 0 Å². The number of hydrogen-bond donors (Lipinski definition) is 0. The topological polar surface area (TPSA) is 17.1 Å². The Hall–Kier alpha value is -0.590. The van der Waals surface area contributed by atoms with Crippen molar-refractivity contribution in [3.63, 3.8) is 0 Å². The zero-order chi connectivity index (χ0) is 4.12. The molecule has 1 nitrogen and oxygen atoms in total. The summed E-state index contributed by atoms with van der Waals surface area (Å²) < 4.78 is 0. The number of rotatable bonds is 1. The van der Waals surface area contributed by atoms with Crippen LogP contribution in [0.15, 0.2) is 12.2 Å². The van der Waals surface area contributed by atoms with Gasteiger partial charge in [0.15, 0.2) is 0 Å². The molecule has 0 aliphatic rings. The van der Waals surface area contributed by atoms with Gasteiger partial charge in [-0.25, -0.2) is 0 Å². The number of carbonyl (C=O) groups excluding carboxylic acids is 1. The maximum absolute atomic E-state index is 9.19. The molecule has 0 aromatic carbocycles. The Morgan fingerprint density at radius 1 is 1.80 bits per heavy atom. The molecule has 0 aromatic rings. The molecule has 5 heavy (non-hydrogen) atoms. The van der Waals surface area contributed by atoms with Crippen molar-refractivity contribution in [3.8, 4) is 0 Å². The number of hydrogen-bond acceptors (Lipinski definition) is 1. The van der Waals surface area contributed by atoms with E-state index in [0.717, 1.165) is 0 Å². The summed E-state index contributed by atoms with van der Waals surface area (Å²) in [6, 6.07) is 0. The Morgan fingerprint density at radius 3 is 2.40 bits per heavy atom. The molecule has 0 atom stereocenters. The minimum atomic E-state index is 1.32. The maximum atomic E-state index is 9.19. The quantitative estimate of drug-likeness (QED) is 0.413. The summed E-state index contributed by atoms with van der Waals surface area (Å²) in [7, 11) is 0. The summed E-state index contributed by atoms with van der Waals surface area (Å²) >= 11 is 0. The van der Waals surface area contributed by atoms with Crippen LogP contribution in [0.4, 0.5) is 0 Å². The van der Waals surface area contributed by atoms with Gasteiger partial charge in [0.1, 0.15) is 0 Å². The Morgan fingerprint density at radius 2 is 2.40 bits per heavy atom. The van der Waals surface area contributed by atoms with Crippen molar-refractivity contribution in [1.29, 1.82) is 0 Å². The van der Waals surface area contributed by atoms with E-state index in [4.69, 9.17) is 0 Å². The summed E-state index contributed by atoms with van der Waals surface area (Å²) in [4.78, 5) is 9.19. The van der Waals surface area contributed by atoms with Gasteiger partial charge < -0.3 is 0 Å². The molecule has 1 heteroatoms. The van der Waals surface area contributed by atoms with Crippen LogP contribution in [0.1, 0.15) is 6.92 Å². The van der Waals surface area contributed by atoms with E-state index in [1.165, 1.54) is 6.08 Å². The van der Waals surface area contributed by atoms with E-state index < -0.39 is 0 Å². The smallest absolute Gasteiger partial charge is 0.225 e. The lowest BCUT2D eigenvalue weighted by Crippen LogP contribution is -1.50. The predicted octanol–water partition coefficient (Wildman–Crippen LogP) is 0.672. The summed E-state index contributed by atoms with van der Waals surface area (Å²) in [6.07, 6.45) is 4.54. The highest BCUT2D eigenvalue weighted by Crippen LogP contribution is 1.55. The summed E-state index contributed by atoms with van der Waals surface area (Å²) in [5.41, 5.74) is 0. The molecule has 1 radical (unpaired) electrons. The van der Waals surface area contributed by atoms with E-state index in [1.807, 2.05) is 0 Å². The molecule has 0 amide bonds. The fraction of sp³-hybridized carbons (Fsp3) is 0.250. The van der Waals surface area contributed by atoms with Crippen LogP contribution < -0.4 is 0 Å². The highest BCUT2D eigenvalue weighted by molar-refractivity contribution is 5.65. The lowest BCUT2D eigenvalue weighted by Gasteiger charge is -1.49. The maximum Gasteiger partial charge on any atom is 0.225 e. The highest BCUT2D eigenvalue weighted by atomic mass is 16.1. The van der Waals surface area contributed by atoms with Crippen LogP contribution in [0.5, 0.6) is 0 Å². The van der Waals surface area contributed by atoms with Crippen molar-refractivity contribution < 1.29 is 4.79 Å². The van der Waals surface area contributed by atoms with E-state index in [1.54, 1.807) is 19.3 Å². The SMILES string of the molecule is C/C=C\[C]=O. The first kappa shape index (κ1) is 4.41. The molecule has 0 saturated carbocycles. The van der Waals surface area contributed by atoms with Crippen molar-refractivity contribution in [2.75, 3.05) is 0 Å². The molecule has 0 aliphatic heterocycles. The van der Waals surface area contributed by atoms with Gasteiger partial charge in [-0.15, -0.1) is 0 Å². The Kier molecular flexibility index (Phi) is 3.01. The van der Waals surface area contributed by atoms with Gasteiger partial charge in [0.05, 0.1) is 0 Å².